The van der Waals surface area contributed by atoms with Gasteiger partial charge in [0.15, 0.2) is 0 Å². The van der Waals surface area contributed by atoms with Gasteiger partial charge in [0.25, 0.3) is 0 Å². The van der Waals surface area contributed by atoms with E-state index >= 15 is 0 Å². The van der Waals surface area contributed by atoms with Gasteiger partial charge >= 0.3 is 0 Å². The summed E-state index contributed by atoms with van der Waals surface area (Å²) in [4.78, 5) is 14.7. The Morgan fingerprint density at radius 3 is 2.65 bits per heavy atom. The maximum atomic E-state index is 11.8. The molecule has 2 N–H and O–H groups in total. The Morgan fingerprint density at radius 2 is 2.18 bits per heavy atom. The van der Waals surface area contributed by atoms with E-state index in [0.29, 0.717) is 19.4 Å². The molecule has 3 nitrogen and oxygen atoms in total. The van der Waals surface area contributed by atoms with E-state index in [1.165, 1.54) is 11.3 Å². The topological polar surface area (TPSA) is 46.3 Å². The van der Waals surface area contributed by atoms with Gasteiger partial charge in [-0.05, 0) is 32.4 Å². The van der Waals surface area contributed by atoms with Crippen LogP contribution in [-0.4, -0.2) is 23.4 Å². The minimum Gasteiger partial charge on any atom is -0.341 e. The summed E-state index contributed by atoms with van der Waals surface area (Å²) in [7, 11) is 1.81. The molecule has 0 spiro atoms. The largest absolute Gasteiger partial charge is 0.341 e. The highest BCUT2D eigenvalue weighted by Gasteiger charge is 2.16. The molecule has 0 bridgehead atoms. The molecule has 0 saturated heterocycles. The van der Waals surface area contributed by atoms with Gasteiger partial charge in [-0.2, -0.15) is 0 Å². The summed E-state index contributed by atoms with van der Waals surface area (Å²) >= 11 is 7.35. The highest BCUT2D eigenvalue weighted by atomic mass is 35.5. The van der Waals surface area contributed by atoms with Crippen molar-refractivity contribution in [2.75, 3.05) is 7.05 Å². The number of carbonyl (C=O) groups excluding carboxylic acids is 1. The Hall–Kier alpha value is -0.580. The number of hydrogen-bond donors (Lipinski definition) is 1. The van der Waals surface area contributed by atoms with Crippen LogP contribution in [-0.2, 0) is 11.3 Å². The number of amides is 1. The predicted molar refractivity (Wildman–Crippen MR) is 73.3 cm³/mol. The third kappa shape index (κ3) is 5.52. The van der Waals surface area contributed by atoms with E-state index in [-0.39, 0.29) is 11.4 Å². The van der Waals surface area contributed by atoms with Gasteiger partial charge in [-0.3, -0.25) is 4.79 Å². The molecule has 0 fully saturated rings. The Morgan fingerprint density at radius 1 is 1.53 bits per heavy atom. The van der Waals surface area contributed by atoms with Crippen LogP contribution in [0.3, 0.4) is 0 Å². The second kappa shape index (κ2) is 5.85. The molecule has 0 saturated carbocycles. The molecule has 1 amide bonds. The van der Waals surface area contributed by atoms with Gasteiger partial charge in [0.2, 0.25) is 5.91 Å². The Kier molecular flexibility index (Phi) is 4.98. The quantitative estimate of drug-likeness (QED) is 0.897. The lowest BCUT2D eigenvalue weighted by Gasteiger charge is -2.21. The van der Waals surface area contributed by atoms with Crippen molar-refractivity contribution in [3.63, 3.8) is 0 Å². The molecule has 1 aromatic rings. The zero-order chi connectivity index (χ0) is 13.1. The van der Waals surface area contributed by atoms with Crippen LogP contribution in [0.15, 0.2) is 12.1 Å². The molecule has 0 aromatic carbocycles. The maximum absolute atomic E-state index is 11.8. The molecule has 0 radical (unpaired) electrons. The number of halogens is 1. The Labute approximate surface area is 112 Å². The highest BCUT2D eigenvalue weighted by molar-refractivity contribution is 7.16. The van der Waals surface area contributed by atoms with Crippen LogP contribution in [0.1, 0.15) is 31.6 Å². The van der Waals surface area contributed by atoms with Crippen molar-refractivity contribution in [1.82, 2.24) is 4.90 Å². The molecule has 0 unspecified atom stereocenters. The Balaban J connectivity index is 2.42. The van der Waals surface area contributed by atoms with Crippen molar-refractivity contribution in [3.8, 4) is 0 Å². The monoisotopic (exact) mass is 274 g/mol. The summed E-state index contributed by atoms with van der Waals surface area (Å²) in [6.45, 7) is 4.47. The van der Waals surface area contributed by atoms with Gasteiger partial charge in [-0.25, -0.2) is 0 Å². The zero-order valence-electron chi connectivity index (χ0n) is 10.5. The summed E-state index contributed by atoms with van der Waals surface area (Å²) in [6, 6.07) is 3.80. The maximum Gasteiger partial charge on any atom is 0.222 e. The lowest BCUT2D eigenvalue weighted by molar-refractivity contribution is -0.130. The van der Waals surface area contributed by atoms with E-state index < -0.39 is 0 Å². The first kappa shape index (κ1) is 14.5. The first-order chi connectivity index (χ1) is 7.78. The van der Waals surface area contributed by atoms with Crippen LogP contribution in [0.25, 0.3) is 0 Å². The number of carbonyl (C=O) groups is 1. The van der Waals surface area contributed by atoms with E-state index in [0.717, 1.165) is 9.21 Å². The van der Waals surface area contributed by atoms with Crippen LogP contribution >= 0.6 is 22.9 Å². The van der Waals surface area contributed by atoms with Crippen molar-refractivity contribution < 1.29 is 4.79 Å². The first-order valence-electron chi connectivity index (χ1n) is 5.55. The van der Waals surface area contributed by atoms with Crippen molar-refractivity contribution in [1.29, 1.82) is 0 Å². The second-order valence-electron chi connectivity index (χ2n) is 4.94. The van der Waals surface area contributed by atoms with E-state index in [9.17, 15) is 4.79 Å². The minimum atomic E-state index is -0.289. The lowest BCUT2D eigenvalue weighted by atomic mass is 10.00. The number of rotatable bonds is 5. The molecule has 0 atom stereocenters. The normalized spacial score (nSPS) is 11.6. The average molecular weight is 275 g/mol. The van der Waals surface area contributed by atoms with Crippen LogP contribution in [0.5, 0.6) is 0 Å². The molecule has 5 heteroatoms. The smallest absolute Gasteiger partial charge is 0.222 e. The van der Waals surface area contributed by atoms with E-state index in [1.54, 1.807) is 11.9 Å². The SMILES string of the molecule is CN(Cc1ccc(Cl)s1)C(=O)CCC(C)(C)N. The highest BCUT2D eigenvalue weighted by Crippen LogP contribution is 2.22. The summed E-state index contributed by atoms with van der Waals surface area (Å²) in [5, 5.41) is 0. The average Bonchev–Trinajstić information content (AvgIpc) is 2.59. The molecule has 0 aliphatic heterocycles. The lowest BCUT2D eigenvalue weighted by Crippen LogP contribution is -2.34. The molecular formula is C12H19ClN2OS. The summed E-state index contributed by atoms with van der Waals surface area (Å²) in [5.41, 5.74) is 5.56. The summed E-state index contributed by atoms with van der Waals surface area (Å²) in [5.74, 6) is 0.119. The number of nitrogens with two attached hydrogens (primary N) is 1. The third-order valence-corrected chi connectivity index (χ3v) is 3.65. The number of nitrogens with zero attached hydrogens (tertiary/aromatic N) is 1. The van der Waals surface area contributed by atoms with E-state index in [4.69, 9.17) is 17.3 Å². The summed E-state index contributed by atoms with van der Waals surface area (Å²) in [6.07, 6.45) is 1.18. The molecule has 1 aromatic heterocycles. The third-order valence-electron chi connectivity index (χ3n) is 2.43. The van der Waals surface area contributed by atoms with Gasteiger partial charge in [0, 0.05) is 23.9 Å². The fourth-order valence-corrected chi connectivity index (χ4v) is 2.52. The Bertz CT molecular complexity index is 384. The van der Waals surface area contributed by atoms with Crippen LogP contribution in [0, 0.1) is 0 Å². The minimum absolute atomic E-state index is 0.119. The molecule has 1 heterocycles. The van der Waals surface area contributed by atoms with Crippen LogP contribution < -0.4 is 5.73 Å². The second-order valence-corrected chi connectivity index (χ2v) is 6.74. The zero-order valence-corrected chi connectivity index (χ0v) is 12.1. The van der Waals surface area contributed by atoms with Crippen molar-refractivity contribution in [2.45, 2.75) is 38.8 Å². The van der Waals surface area contributed by atoms with E-state index in [2.05, 4.69) is 0 Å². The number of hydrogen-bond acceptors (Lipinski definition) is 3. The molecule has 0 aliphatic rings. The first-order valence-corrected chi connectivity index (χ1v) is 6.74. The van der Waals surface area contributed by atoms with Crippen LogP contribution in [0.4, 0.5) is 0 Å². The van der Waals surface area contributed by atoms with Crippen molar-refractivity contribution in [3.05, 3.63) is 21.3 Å². The summed E-state index contributed by atoms with van der Waals surface area (Å²) < 4.78 is 0.754. The van der Waals surface area contributed by atoms with Gasteiger partial charge in [-0.15, -0.1) is 11.3 Å². The van der Waals surface area contributed by atoms with Gasteiger partial charge in [0.1, 0.15) is 0 Å². The van der Waals surface area contributed by atoms with Crippen molar-refractivity contribution in [2.24, 2.45) is 5.73 Å². The molecular weight excluding hydrogens is 256 g/mol. The van der Waals surface area contributed by atoms with Crippen LogP contribution in [0.2, 0.25) is 4.34 Å². The number of thiophene rings is 1. The fourth-order valence-electron chi connectivity index (χ4n) is 1.38. The van der Waals surface area contributed by atoms with Crippen molar-refractivity contribution >= 4 is 28.8 Å². The molecule has 1 rings (SSSR count). The molecule has 0 aliphatic carbocycles. The molecule has 96 valence electrons. The fraction of sp³-hybridized carbons (Fsp3) is 0.583. The van der Waals surface area contributed by atoms with Gasteiger partial charge < -0.3 is 10.6 Å². The molecule has 17 heavy (non-hydrogen) atoms. The van der Waals surface area contributed by atoms with Gasteiger partial charge in [-0.1, -0.05) is 11.6 Å². The standard InChI is InChI=1S/C12H19ClN2OS/c1-12(2,14)7-6-11(16)15(3)8-9-4-5-10(13)17-9/h4-5H,6-8,14H2,1-3H3. The van der Waals surface area contributed by atoms with Gasteiger partial charge in [0.05, 0.1) is 10.9 Å². The van der Waals surface area contributed by atoms with E-state index in [1.807, 2.05) is 26.0 Å². The predicted octanol–water partition coefficient (Wildman–Crippen LogP) is 2.88.